The summed E-state index contributed by atoms with van der Waals surface area (Å²) in [5, 5.41) is 0. The topological polar surface area (TPSA) is 35.2 Å². The van der Waals surface area contributed by atoms with Crippen LogP contribution in [0.1, 0.15) is 45.2 Å². The minimum absolute atomic E-state index is 0.0102. The predicted molar refractivity (Wildman–Crippen MR) is 76.3 cm³/mol. The van der Waals surface area contributed by atoms with Gasteiger partial charge in [-0.1, -0.05) is 36.2 Å². The summed E-state index contributed by atoms with van der Waals surface area (Å²) in [6.07, 6.45) is 2.40. The maximum absolute atomic E-state index is 5.95. The summed E-state index contributed by atoms with van der Waals surface area (Å²) in [4.78, 5) is 0. The summed E-state index contributed by atoms with van der Waals surface area (Å²) in [5.74, 6) is 1.50. The van der Waals surface area contributed by atoms with Crippen LogP contribution in [0.15, 0.2) is 22.7 Å². The van der Waals surface area contributed by atoms with Crippen LogP contribution in [0.4, 0.5) is 0 Å². The number of ether oxygens (including phenoxy) is 1. The molecule has 0 fully saturated rings. The smallest absolute Gasteiger partial charge is 0.124 e. The molecule has 0 saturated heterocycles. The Morgan fingerprint density at radius 1 is 1.35 bits per heavy atom. The molecule has 3 heteroatoms. The van der Waals surface area contributed by atoms with Crippen molar-refractivity contribution in [3.8, 4) is 5.75 Å². The third kappa shape index (κ3) is 4.68. The lowest BCUT2D eigenvalue weighted by molar-refractivity contribution is 0.248. The van der Waals surface area contributed by atoms with Crippen molar-refractivity contribution in [3.63, 3.8) is 0 Å². The van der Waals surface area contributed by atoms with E-state index in [-0.39, 0.29) is 6.04 Å². The highest BCUT2D eigenvalue weighted by Crippen LogP contribution is 2.28. The average molecular weight is 300 g/mol. The molecule has 0 aliphatic rings. The van der Waals surface area contributed by atoms with Crippen molar-refractivity contribution in [3.05, 3.63) is 28.2 Å². The van der Waals surface area contributed by atoms with Crippen LogP contribution in [-0.4, -0.2) is 6.61 Å². The standard InChI is InChI=1S/C14H22BrNO/c1-4-5-10(2)9-17-14-7-6-12(15)8-13(14)11(3)16/h6-8,10-11H,4-5,9,16H2,1-3H3. The van der Waals surface area contributed by atoms with Gasteiger partial charge in [0.15, 0.2) is 0 Å². The zero-order valence-corrected chi connectivity index (χ0v) is 12.5. The van der Waals surface area contributed by atoms with Gasteiger partial charge in [-0.15, -0.1) is 0 Å². The van der Waals surface area contributed by atoms with Gasteiger partial charge in [-0.25, -0.2) is 0 Å². The van der Waals surface area contributed by atoms with Crippen molar-refractivity contribution in [2.75, 3.05) is 6.61 Å². The predicted octanol–water partition coefficient (Wildman–Crippen LogP) is 4.28. The molecule has 1 aromatic rings. The normalized spacial score (nSPS) is 14.4. The number of halogens is 1. The fourth-order valence-electron chi connectivity index (χ4n) is 1.81. The Morgan fingerprint density at radius 3 is 2.65 bits per heavy atom. The largest absolute Gasteiger partial charge is 0.493 e. The van der Waals surface area contributed by atoms with Crippen molar-refractivity contribution >= 4 is 15.9 Å². The first-order valence-corrected chi connectivity index (χ1v) is 7.01. The zero-order valence-electron chi connectivity index (χ0n) is 10.9. The van der Waals surface area contributed by atoms with Gasteiger partial charge in [0.25, 0.3) is 0 Å². The molecule has 1 aromatic carbocycles. The van der Waals surface area contributed by atoms with Crippen molar-refractivity contribution in [2.45, 2.75) is 39.7 Å². The first-order chi connectivity index (χ1) is 8.04. The number of benzene rings is 1. The Kier molecular flexibility index (Phi) is 6.00. The monoisotopic (exact) mass is 299 g/mol. The third-order valence-corrected chi connectivity index (χ3v) is 3.26. The minimum Gasteiger partial charge on any atom is -0.493 e. The summed E-state index contributed by atoms with van der Waals surface area (Å²) in [6, 6.07) is 6.00. The van der Waals surface area contributed by atoms with Gasteiger partial charge >= 0.3 is 0 Å². The van der Waals surface area contributed by atoms with Crippen molar-refractivity contribution in [2.24, 2.45) is 11.7 Å². The highest BCUT2D eigenvalue weighted by atomic mass is 79.9. The van der Waals surface area contributed by atoms with Crippen molar-refractivity contribution in [1.29, 1.82) is 0 Å². The van der Waals surface area contributed by atoms with E-state index in [1.54, 1.807) is 0 Å². The van der Waals surface area contributed by atoms with E-state index in [9.17, 15) is 0 Å². The van der Waals surface area contributed by atoms with E-state index >= 15 is 0 Å². The average Bonchev–Trinajstić information content (AvgIpc) is 2.27. The molecule has 17 heavy (non-hydrogen) atoms. The minimum atomic E-state index is -0.0102. The van der Waals surface area contributed by atoms with Gasteiger partial charge in [0.2, 0.25) is 0 Å². The molecular weight excluding hydrogens is 278 g/mol. The summed E-state index contributed by atoms with van der Waals surface area (Å²) < 4.78 is 6.91. The second-order valence-corrected chi connectivity index (χ2v) is 5.59. The number of hydrogen-bond donors (Lipinski definition) is 1. The van der Waals surface area contributed by atoms with Gasteiger partial charge in [0.05, 0.1) is 6.61 Å². The van der Waals surface area contributed by atoms with Crippen molar-refractivity contribution < 1.29 is 4.74 Å². The van der Waals surface area contributed by atoms with E-state index in [0.717, 1.165) is 22.4 Å². The van der Waals surface area contributed by atoms with Crippen LogP contribution in [0.2, 0.25) is 0 Å². The molecule has 2 atom stereocenters. The fourth-order valence-corrected chi connectivity index (χ4v) is 2.19. The quantitative estimate of drug-likeness (QED) is 0.851. The van der Waals surface area contributed by atoms with Gasteiger partial charge in [0, 0.05) is 16.1 Å². The number of hydrogen-bond acceptors (Lipinski definition) is 2. The van der Waals surface area contributed by atoms with Crippen LogP contribution in [-0.2, 0) is 0 Å². The third-order valence-electron chi connectivity index (χ3n) is 2.77. The summed E-state index contributed by atoms with van der Waals surface area (Å²) in [6.45, 7) is 7.15. The Balaban J connectivity index is 2.70. The molecule has 0 radical (unpaired) electrons. The first-order valence-electron chi connectivity index (χ1n) is 6.22. The van der Waals surface area contributed by atoms with Crippen LogP contribution in [0.5, 0.6) is 5.75 Å². The highest BCUT2D eigenvalue weighted by molar-refractivity contribution is 9.10. The van der Waals surface area contributed by atoms with E-state index in [0.29, 0.717) is 5.92 Å². The Hall–Kier alpha value is -0.540. The second kappa shape index (κ2) is 7.02. The molecule has 0 bridgehead atoms. The maximum Gasteiger partial charge on any atom is 0.124 e. The van der Waals surface area contributed by atoms with Crippen LogP contribution in [0, 0.1) is 5.92 Å². The Labute approximate surface area is 113 Å². The molecule has 0 spiro atoms. The molecule has 0 heterocycles. The molecule has 2 nitrogen and oxygen atoms in total. The molecule has 0 aliphatic carbocycles. The van der Waals surface area contributed by atoms with Gasteiger partial charge < -0.3 is 10.5 Å². The van der Waals surface area contributed by atoms with E-state index < -0.39 is 0 Å². The van der Waals surface area contributed by atoms with E-state index in [2.05, 4.69) is 29.8 Å². The molecule has 0 saturated carbocycles. The van der Waals surface area contributed by atoms with Gasteiger partial charge in [0.1, 0.15) is 5.75 Å². The number of rotatable bonds is 6. The molecule has 96 valence electrons. The highest BCUT2D eigenvalue weighted by Gasteiger charge is 2.10. The van der Waals surface area contributed by atoms with Crippen LogP contribution in [0.3, 0.4) is 0 Å². The van der Waals surface area contributed by atoms with Gasteiger partial charge in [-0.2, -0.15) is 0 Å². The zero-order chi connectivity index (χ0) is 12.8. The van der Waals surface area contributed by atoms with Crippen LogP contribution >= 0.6 is 15.9 Å². The molecule has 0 aliphatic heterocycles. The fraction of sp³-hybridized carbons (Fsp3) is 0.571. The number of nitrogens with two attached hydrogens (primary N) is 1. The first kappa shape index (κ1) is 14.5. The Morgan fingerprint density at radius 2 is 2.06 bits per heavy atom. The molecule has 1 rings (SSSR count). The summed E-state index contributed by atoms with van der Waals surface area (Å²) in [7, 11) is 0. The van der Waals surface area contributed by atoms with Crippen LogP contribution < -0.4 is 10.5 Å². The molecule has 2 N–H and O–H groups in total. The lowest BCUT2D eigenvalue weighted by Crippen LogP contribution is -2.12. The Bertz CT molecular complexity index is 352. The van der Waals surface area contributed by atoms with Crippen molar-refractivity contribution in [1.82, 2.24) is 0 Å². The summed E-state index contributed by atoms with van der Waals surface area (Å²) >= 11 is 3.46. The lowest BCUT2D eigenvalue weighted by atomic mass is 10.1. The summed E-state index contributed by atoms with van der Waals surface area (Å²) in [5.41, 5.74) is 7.01. The second-order valence-electron chi connectivity index (χ2n) is 4.68. The molecule has 0 amide bonds. The van der Waals surface area contributed by atoms with E-state index in [1.807, 2.05) is 25.1 Å². The van der Waals surface area contributed by atoms with Gasteiger partial charge in [-0.05, 0) is 37.5 Å². The van der Waals surface area contributed by atoms with E-state index in [1.165, 1.54) is 12.8 Å². The van der Waals surface area contributed by atoms with E-state index in [4.69, 9.17) is 10.5 Å². The lowest BCUT2D eigenvalue weighted by Gasteiger charge is -2.17. The SMILES string of the molecule is CCCC(C)COc1ccc(Br)cc1C(C)N. The van der Waals surface area contributed by atoms with Crippen LogP contribution in [0.25, 0.3) is 0 Å². The van der Waals surface area contributed by atoms with Gasteiger partial charge in [-0.3, -0.25) is 0 Å². The molecular formula is C14H22BrNO. The molecule has 2 unspecified atom stereocenters. The maximum atomic E-state index is 5.95. The molecule has 0 aromatic heterocycles.